The molecule has 102 valence electrons. The first-order valence-corrected chi connectivity index (χ1v) is 7.19. The molecule has 0 radical (unpaired) electrons. The van der Waals surface area contributed by atoms with Gasteiger partial charge in [-0.25, -0.2) is 0 Å². The van der Waals surface area contributed by atoms with Gasteiger partial charge in [-0.3, -0.25) is 4.79 Å². The topological polar surface area (TPSA) is 40.5 Å². The number of hydrogen-bond donors (Lipinski definition) is 1. The number of carbonyl (C=O) groups excluding carboxylic acids is 1. The number of aryl methyl sites for hydroxylation is 1. The highest BCUT2D eigenvalue weighted by atomic mass is 16.3. The molecule has 1 aromatic carbocycles. The summed E-state index contributed by atoms with van der Waals surface area (Å²) in [5, 5.41) is 9.43. The molecule has 1 saturated heterocycles. The van der Waals surface area contributed by atoms with Gasteiger partial charge in [-0.1, -0.05) is 12.8 Å². The van der Waals surface area contributed by atoms with Crippen molar-refractivity contribution < 1.29 is 9.90 Å². The summed E-state index contributed by atoms with van der Waals surface area (Å²) >= 11 is 0. The van der Waals surface area contributed by atoms with E-state index in [1.54, 1.807) is 18.2 Å². The van der Waals surface area contributed by atoms with Crippen LogP contribution >= 0.6 is 0 Å². The molecule has 2 aliphatic rings. The Hall–Kier alpha value is -1.51. The molecule has 0 bridgehead atoms. The molecule has 1 heterocycles. The number of nitrogens with zero attached hydrogens (tertiary/aromatic N) is 1. The van der Waals surface area contributed by atoms with Crippen LogP contribution in [0.3, 0.4) is 0 Å². The predicted molar refractivity (Wildman–Crippen MR) is 74.3 cm³/mol. The largest absolute Gasteiger partial charge is 0.508 e. The van der Waals surface area contributed by atoms with Gasteiger partial charge in [0.25, 0.3) is 5.91 Å². The first-order valence-electron chi connectivity index (χ1n) is 7.19. The minimum absolute atomic E-state index is 0.126. The Balaban J connectivity index is 1.78. The zero-order chi connectivity index (χ0) is 13.5. The van der Waals surface area contributed by atoms with Crippen LogP contribution in [0.2, 0.25) is 0 Å². The van der Waals surface area contributed by atoms with Crippen molar-refractivity contribution in [3.8, 4) is 5.75 Å². The van der Waals surface area contributed by atoms with E-state index in [1.807, 2.05) is 11.8 Å². The van der Waals surface area contributed by atoms with Gasteiger partial charge in [0.05, 0.1) is 0 Å². The van der Waals surface area contributed by atoms with E-state index in [1.165, 1.54) is 25.7 Å². The Bertz CT molecular complexity index is 503. The van der Waals surface area contributed by atoms with Crippen LogP contribution < -0.4 is 0 Å². The molecule has 3 rings (SSSR count). The van der Waals surface area contributed by atoms with E-state index in [2.05, 4.69) is 0 Å². The molecule has 1 amide bonds. The van der Waals surface area contributed by atoms with Crippen LogP contribution in [0, 0.1) is 12.3 Å². The first-order chi connectivity index (χ1) is 9.10. The highest BCUT2D eigenvalue weighted by molar-refractivity contribution is 5.96. The zero-order valence-electron chi connectivity index (χ0n) is 11.5. The van der Waals surface area contributed by atoms with Crippen LogP contribution in [0.5, 0.6) is 5.75 Å². The lowest BCUT2D eigenvalue weighted by molar-refractivity contribution is 0.0772. The van der Waals surface area contributed by atoms with E-state index >= 15 is 0 Å². The van der Waals surface area contributed by atoms with Gasteiger partial charge in [-0.15, -0.1) is 0 Å². The SMILES string of the molecule is Cc1cc(O)ccc1C(=O)N1CCC2(CCCC2)C1. The fraction of sp³-hybridized carbons (Fsp3) is 0.562. The van der Waals surface area contributed by atoms with Gasteiger partial charge in [0.2, 0.25) is 0 Å². The lowest BCUT2D eigenvalue weighted by Gasteiger charge is -2.24. The summed E-state index contributed by atoms with van der Waals surface area (Å²) in [6.45, 7) is 3.69. The first kappa shape index (κ1) is 12.5. The van der Waals surface area contributed by atoms with E-state index in [0.717, 1.165) is 30.6 Å². The summed E-state index contributed by atoms with van der Waals surface area (Å²) in [5.41, 5.74) is 2.01. The van der Waals surface area contributed by atoms with Crippen molar-refractivity contribution >= 4 is 5.91 Å². The van der Waals surface area contributed by atoms with Gasteiger partial charge in [-0.2, -0.15) is 0 Å². The van der Waals surface area contributed by atoms with Crippen molar-refractivity contribution in [3.63, 3.8) is 0 Å². The third-order valence-corrected chi connectivity index (χ3v) is 4.83. The number of phenols is 1. The van der Waals surface area contributed by atoms with Crippen LogP contribution in [0.4, 0.5) is 0 Å². The van der Waals surface area contributed by atoms with E-state index in [4.69, 9.17) is 0 Å². The molecule has 19 heavy (non-hydrogen) atoms. The number of phenolic OH excluding ortho intramolecular Hbond substituents is 1. The molecule has 0 unspecified atom stereocenters. The highest BCUT2D eigenvalue weighted by Gasteiger charge is 2.41. The van der Waals surface area contributed by atoms with Crippen LogP contribution in [0.25, 0.3) is 0 Å². The Morgan fingerprint density at radius 2 is 2.00 bits per heavy atom. The number of aromatic hydroxyl groups is 1. The fourth-order valence-electron chi connectivity index (χ4n) is 3.70. The lowest BCUT2D eigenvalue weighted by Crippen LogP contribution is -2.31. The molecule has 3 heteroatoms. The summed E-state index contributed by atoms with van der Waals surface area (Å²) in [6.07, 6.45) is 6.37. The van der Waals surface area contributed by atoms with Crippen molar-refractivity contribution in [2.75, 3.05) is 13.1 Å². The van der Waals surface area contributed by atoms with Gasteiger partial charge in [0.1, 0.15) is 5.75 Å². The molecular formula is C16H21NO2. The van der Waals surface area contributed by atoms with E-state index < -0.39 is 0 Å². The van der Waals surface area contributed by atoms with Crippen molar-refractivity contribution in [1.82, 2.24) is 4.90 Å². The number of rotatable bonds is 1. The summed E-state index contributed by atoms with van der Waals surface area (Å²) < 4.78 is 0. The van der Waals surface area contributed by atoms with E-state index in [9.17, 15) is 9.90 Å². The Kier molecular flexibility index (Phi) is 3.00. The normalized spacial score (nSPS) is 21.2. The number of carbonyl (C=O) groups is 1. The molecule has 1 spiro atoms. The van der Waals surface area contributed by atoms with Crippen molar-refractivity contribution in [2.24, 2.45) is 5.41 Å². The van der Waals surface area contributed by atoms with Crippen molar-refractivity contribution in [2.45, 2.75) is 39.0 Å². The summed E-state index contributed by atoms with van der Waals surface area (Å²) in [7, 11) is 0. The van der Waals surface area contributed by atoms with Crippen LogP contribution in [0.15, 0.2) is 18.2 Å². The second-order valence-corrected chi connectivity index (χ2v) is 6.18. The Labute approximate surface area is 114 Å². The third-order valence-electron chi connectivity index (χ3n) is 4.83. The second-order valence-electron chi connectivity index (χ2n) is 6.18. The third kappa shape index (κ3) is 2.22. The molecule has 0 aromatic heterocycles. The molecule has 3 nitrogen and oxygen atoms in total. The van der Waals surface area contributed by atoms with Gasteiger partial charge in [0, 0.05) is 18.7 Å². The molecule has 0 atom stereocenters. The number of amides is 1. The summed E-state index contributed by atoms with van der Waals surface area (Å²) in [6, 6.07) is 5.00. The molecule has 1 saturated carbocycles. The van der Waals surface area contributed by atoms with Gasteiger partial charge in [0.15, 0.2) is 0 Å². The van der Waals surface area contributed by atoms with Crippen molar-refractivity contribution in [1.29, 1.82) is 0 Å². The number of benzene rings is 1. The molecule has 1 N–H and O–H groups in total. The van der Waals surface area contributed by atoms with Gasteiger partial charge in [-0.05, 0) is 55.4 Å². The molecule has 1 aromatic rings. The predicted octanol–water partition coefficient (Wildman–Crippen LogP) is 3.11. The van der Waals surface area contributed by atoms with Gasteiger partial charge >= 0.3 is 0 Å². The van der Waals surface area contributed by atoms with Crippen LogP contribution in [-0.4, -0.2) is 29.0 Å². The Morgan fingerprint density at radius 3 is 2.68 bits per heavy atom. The average molecular weight is 259 g/mol. The number of likely N-dealkylation sites (tertiary alicyclic amines) is 1. The number of hydrogen-bond acceptors (Lipinski definition) is 2. The standard InChI is InChI=1S/C16H21NO2/c1-12-10-13(18)4-5-14(12)15(19)17-9-8-16(11-17)6-2-3-7-16/h4-5,10,18H,2-3,6-9,11H2,1H3. The van der Waals surface area contributed by atoms with E-state index in [-0.39, 0.29) is 11.7 Å². The van der Waals surface area contributed by atoms with Crippen molar-refractivity contribution in [3.05, 3.63) is 29.3 Å². The monoisotopic (exact) mass is 259 g/mol. The smallest absolute Gasteiger partial charge is 0.254 e. The van der Waals surface area contributed by atoms with Crippen LogP contribution in [-0.2, 0) is 0 Å². The summed E-state index contributed by atoms with van der Waals surface area (Å²) in [5.74, 6) is 0.351. The highest BCUT2D eigenvalue weighted by Crippen LogP contribution is 2.45. The molecular weight excluding hydrogens is 238 g/mol. The fourth-order valence-corrected chi connectivity index (χ4v) is 3.70. The molecule has 2 fully saturated rings. The molecule has 1 aliphatic heterocycles. The maximum Gasteiger partial charge on any atom is 0.254 e. The maximum atomic E-state index is 12.6. The second kappa shape index (κ2) is 4.55. The zero-order valence-corrected chi connectivity index (χ0v) is 11.5. The lowest BCUT2D eigenvalue weighted by atomic mass is 9.86. The average Bonchev–Trinajstić information content (AvgIpc) is 3.00. The maximum absolute atomic E-state index is 12.6. The van der Waals surface area contributed by atoms with E-state index in [0.29, 0.717) is 5.41 Å². The quantitative estimate of drug-likeness (QED) is 0.842. The minimum Gasteiger partial charge on any atom is -0.508 e. The molecule has 1 aliphatic carbocycles. The minimum atomic E-state index is 0.126. The Morgan fingerprint density at radius 1 is 1.26 bits per heavy atom. The van der Waals surface area contributed by atoms with Crippen LogP contribution in [0.1, 0.15) is 48.0 Å². The summed E-state index contributed by atoms with van der Waals surface area (Å²) in [4.78, 5) is 14.6. The van der Waals surface area contributed by atoms with Gasteiger partial charge < -0.3 is 10.0 Å².